The highest BCUT2D eigenvalue weighted by Crippen LogP contribution is 2.61. The maximum absolute atomic E-state index is 13.5. The second-order valence-corrected chi connectivity index (χ2v) is 9.63. The van der Waals surface area contributed by atoms with Gasteiger partial charge in [-0.2, -0.15) is 0 Å². The Morgan fingerprint density at radius 2 is 1.47 bits per heavy atom. The molecule has 0 spiro atoms. The van der Waals surface area contributed by atoms with Crippen LogP contribution in [0, 0.1) is 11.8 Å². The molecule has 0 radical (unpaired) electrons. The van der Waals surface area contributed by atoms with Crippen LogP contribution in [0.3, 0.4) is 0 Å². The lowest BCUT2D eigenvalue weighted by molar-refractivity contribution is -0.937. The smallest absolute Gasteiger partial charge is 0.348 e. The van der Waals surface area contributed by atoms with Gasteiger partial charge in [-0.05, 0) is 18.6 Å². The summed E-state index contributed by atoms with van der Waals surface area (Å²) in [5.41, 5.74) is -0.960. The molecule has 6 heteroatoms. The summed E-state index contributed by atoms with van der Waals surface area (Å²) in [4.78, 5) is 13.5. The van der Waals surface area contributed by atoms with Gasteiger partial charge in [0.2, 0.25) is 5.60 Å². The molecule has 6 rings (SSSR count). The van der Waals surface area contributed by atoms with Gasteiger partial charge >= 0.3 is 5.97 Å². The normalized spacial score (nSPS) is 33.1. The van der Waals surface area contributed by atoms with Crippen molar-refractivity contribution in [1.82, 2.24) is 0 Å². The van der Waals surface area contributed by atoms with E-state index in [4.69, 9.17) is 9.47 Å². The number of piperidine rings is 2. The third-order valence-electron chi connectivity index (χ3n) is 7.94. The van der Waals surface area contributed by atoms with Gasteiger partial charge in [0, 0.05) is 35.8 Å². The first-order chi connectivity index (χ1) is 13.9. The number of carbonyl (C=O) groups excluding carboxylic acids is 1. The van der Waals surface area contributed by atoms with Crippen LogP contribution in [-0.2, 0) is 15.1 Å². The first-order valence-corrected chi connectivity index (χ1v) is 10.5. The van der Waals surface area contributed by atoms with Gasteiger partial charge in [0.1, 0.15) is 17.6 Å². The van der Waals surface area contributed by atoms with Crippen LogP contribution in [-0.4, -0.2) is 47.8 Å². The summed E-state index contributed by atoms with van der Waals surface area (Å²) in [5, 5.41) is 11.7. The van der Waals surface area contributed by atoms with E-state index >= 15 is 0 Å². The Bertz CT molecular complexity index is 956. The molecule has 2 aromatic carbocycles. The van der Waals surface area contributed by atoms with Crippen molar-refractivity contribution in [3.05, 3.63) is 59.7 Å². The van der Waals surface area contributed by atoms with E-state index < -0.39 is 11.6 Å². The summed E-state index contributed by atoms with van der Waals surface area (Å²) in [6, 6.07) is 15.4. The number of benzene rings is 2. The Morgan fingerprint density at radius 1 is 0.967 bits per heavy atom. The topological polar surface area (TPSA) is 55.8 Å². The molecule has 2 bridgehead atoms. The predicted molar refractivity (Wildman–Crippen MR) is 106 cm³/mol. The van der Waals surface area contributed by atoms with Crippen molar-refractivity contribution >= 4 is 5.97 Å². The molecule has 3 fully saturated rings. The maximum Gasteiger partial charge on any atom is 0.348 e. The zero-order valence-electron chi connectivity index (χ0n) is 17.1. The number of ether oxygens (including phenoxy) is 2. The molecular formula is C24H26BrNO4. The third kappa shape index (κ3) is 2.57. The predicted octanol–water partition coefficient (Wildman–Crippen LogP) is 0.201. The summed E-state index contributed by atoms with van der Waals surface area (Å²) in [7, 11) is 4.63. The van der Waals surface area contributed by atoms with Gasteiger partial charge in [-0.25, -0.2) is 4.79 Å². The van der Waals surface area contributed by atoms with Crippen LogP contribution in [0.15, 0.2) is 48.5 Å². The van der Waals surface area contributed by atoms with Crippen molar-refractivity contribution in [3.63, 3.8) is 0 Å². The number of quaternary nitrogens is 1. The Hall–Kier alpha value is -1.89. The lowest BCUT2D eigenvalue weighted by Gasteiger charge is -2.46. The van der Waals surface area contributed by atoms with Crippen molar-refractivity contribution in [2.75, 3.05) is 14.1 Å². The van der Waals surface area contributed by atoms with E-state index in [-0.39, 0.29) is 23.1 Å². The Kier molecular flexibility index (Phi) is 4.38. The van der Waals surface area contributed by atoms with E-state index in [1.165, 1.54) is 6.42 Å². The van der Waals surface area contributed by atoms with Gasteiger partial charge in [0.05, 0.1) is 26.2 Å². The molecule has 3 heterocycles. The molecule has 3 unspecified atom stereocenters. The summed E-state index contributed by atoms with van der Waals surface area (Å²) in [6.45, 7) is 0. The molecule has 1 N–H and O–H groups in total. The van der Waals surface area contributed by atoms with E-state index in [1.807, 2.05) is 24.3 Å². The van der Waals surface area contributed by atoms with Crippen molar-refractivity contribution in [2.45, 2.75) is 43.1 Å². The fourth-order valence-electron chi connectivity index (χ4n) is 6.41. The van der Waals surface area contributed by atoms with Crippen molar-refractivity contribution < 1.29 is 40.8 Å². The summed E-state index contributed by atoms with van der Waals surface area (Å²) < 4.78 is 13.0. The van der Waals surface area contributed by atoms with Crippen molar-refractivity contribution in [3.8, 4) is 11.5 Å². The van der Waals surface area contributed by atoms with Crippen LogP contribution in [0.1, 0.15) is 30.4 Å². The maximum atomic E-state index is 13.5. The fourth-order valence-corrected chi connectivity index (χ4v) is 6.41. The molecule has 5 atom stereocenters. The highest BCUT2D eigenvalue weighted by molar-refractivity contribution is 5.88. The Morgan fingerprint density at radius 3 is 2.00 bits per heavy atom. The standard InChI is InChI=1S/C24H26NO4.BrH/c1-25(2)19-11-14(12-20(25)16-13-15(16)19)28-23(26)24(27)17-7-3-5-9-21(17)29-22-10-6-4-8-18(22)24;/h3-10,14-16,19-20,27H,11-13H2,1-2H3;1H/q+1;/p-1/t14?,15-,16?,19-,20?;/m0./s1. The molecule has 2 saturated heterocycles. The van der Waals surface area contributed by atoms with Gasteiger partial charge in [-0.15, -0.1) is 0 Å². The number of rotatable bonds is 2. The monoisotopic (exact) mass is 471 g/mol. The van der Waals surface area contributed by atoms with Crippen LogP contribution in [0.4, 0.5) is 0 Å². The van der Waals surface area contributed by atoms with Gasteiger partial charge in [-0.3, -0.25) is 0 Å². The highest BCUT2D eigenvalue weighted by Gasteiger charge is 2.68. The van der Waals surface area contributed by atoms with Crippen LogP contribution >= 0.6 is 0 Å². The van der Waals surface area contributed by atoms with Crippen LogP contribution < -0.4 is 21.7 Å². The van der Waals surface area contributed by atoms with Gasteiger partial charge in [0.25, 0.3) is 0 Å². The second-order valence-electron chi connectivity index (χ2n) is 9.63. The van der Waals surface area contributed by atoms with Crippen LogP contribution in [0.2, 0.25) is 0 Å². The lowest BCUT2D eigenvalue weighted by atomic mass is 9.83. The molecule has 0 amide bonds. The molecule has 30 heavy (non-hydrogen) atoms. The number of aliphatic hydroxyl groups is 1. The van der Waals surface area contributed by atoms with E-state index in [1.54, 1.807) is 24.3 Å². The zero-order chi connectivity index (χ0) is 20.0. The zero-order valence-corrected chi connectivity index (χ0v) is 18.7. The Labute approximate surface area is 187 Å². The number of carbonyl (C=O) groups is 1. The number of fused-ring (bicyclic) bond motifs is 7. The summed E-state index contributed by atoms with van der Waals surface area (Å²) in [5.74, 6) is 1.96. The van der Waals surface area contributed by atoms with Crippen molar-refractivity contribution in [2.24, 2.45) is 11.8 Å². The SMILES string of the molecule is C[N+]1(C)C2CC(OC(=O)C3(O)c4ccccc4Oc4ccccc43)C[C@H]1[C@H]1CC21.[Br-]. The fraction of sp³-hybridized carbons (Fsp3) is 0.458. The molecular weight excluding hydrogens is 446 g/mol. The van der Waals surface area contributed by atoms with Crippen LogP contribution in [0.5, 0.6) is 11.5 Å². The van der Waals surface area contributed by atoms with Gasteiger partial charge in [0.15, 0.2) is 0 Å². The quantitative estimate of drug-likeness (QED) is 0.502. The van der Waals surface area contributed by atoms with E-state index in [0.717, 1.165) is 29.2 Å². The number of para-hydroxylation sites is 2. The van der Waals surface area contributed by atoms with Gasteiger partial charge < -0.3 is 36.0 Å². The molecule has 158 valence electrons. The van der Waals surface area contributed by atoms with Crippen LogP contribution in [0.25, 0.3) is 0 Å². The number of hydrogen-bond donors (Lipinski definition) is 1. The largest absolute Gasteiger partial charge is 1.00 e. The number of esters is 1. The molecule has 3 aliphatic heterocycles. The highest BCUT2D eigenvalue weighted by atomic mass is 79.9. The Balaban J connectivity index is 0.00000193. The first kappa shape index (κ1) is 20.0. The molecule has 4 aliphatic rings. The summed E-state index contributed by atoms with van der Waals surface area (Å²) >= 11 is 0. The minimum Gasteiger partial charge on any atom is -1.00 e. The molecule has 1 saturated carbocycles. The van der Waals surface area contributed by atoms with E-state index in [2.05, 4.69) is 14.1 Å². The summed E-state index contributed by atoms with van der Waals surface area (Å²) in [6.07, 6.45) is 2.96. The van der Waals surface area contributed by atoms with E-state index in [0.29, 0.717) is 34.7 Å². The number of hydrogen-bond acceptors (Lipinski definition) is 4. The second kappa shape index (κ2) is 6.55. The lowest BCUT2D eigenvalue weighted by Crippen LogP contribution is -3.00. The average Bonchev–Trinajstić information content (AvgIpc) is 3.46. The number of nitrogens with zero attached hydrogens (tertiary/aromatic N) is 1. The molecule has 5 nitrogen and oxygen atoms in total. The minimum atomic E-state index is -1.85. The third-order valence-corrected chi connectivity index (χ3v) is 7.94. The minimum absolute atomic E-state index is 0. The molecule has 1 aliphatic carbocycles. The first-order valence-electron chi connectivity index (χ1n) is 10.5. The van der Waals surface area contributed by atoms with E-state index in [9.17, 15) is 9.90 Å². The average molecular weight is 472 g/mol. The molecule has 2 aromatic rings. The van der Waals surface area contributed by atoms with Crippen molar-refractivity contribution in [1.29, 1.82) is 0 Å². The molecule has 0 aromatic heterocycles. The number of halogens is 1. The van der Waals surface area contributed by atoms with Gasteiger partial charge in [-0.1, -0.05) is 36.4 Å².